The highest BCUT2D eigenvalue weighted by Gasteiger charge is 2.09. The van der Waals surface area contributed by atoms with Crippen LogP contribution in [-0.2, 0) is 14.3 Å². The van der Waals surface area contributed by atoms with Gasteiger partial charge in [0.15, 0.2) is 6.61 Å². The van der Waals surface area contributed by atoms with Crippen LogP contribution >= 0.6 is 11.6 Å². The van der Waals surface area contributed by atoms with Crippen LogP contribution in [0.25, 0.3) is 6.08 Å². The summed E-state index contributed by atoms with van der Waals surface area (Å²) in [4.78, 5) is 34.2. The fourth-order valence-corrected chi connectivity index (χ4v) is 1.55. The molecule has 124 valence electrons. The summed E-state index contributed by atoms with van der Waals surface area (Å²) in [6.07, 6.45) is 2.72. The number of urea groups is 1. The molecule has 0 bridgehead atoms. The van der Waals surface area contributed by atoms with E-state index in [0.29, 0.717) is 11.6 Å². The second-order valence-corrected chi connectivity index (χ2v) is 5.58. The first-order valence-corrected chi connectivity index (χ1v) is 7.42. The number of amides is 3. The molecule has 0 aromatic heterocycles. The maximum Gasteiger partial charge on any atom is 0.331 e. The first kappa shape index (κ1) is 18.7. The number of halogens is 1. The van der Waals surface area contributed by atoms with E-state index in [0.717, 1.165) is 5.56 Å². The Kier molecular flexibility index (Phi) is 7.83. The molecule has 0 radical (unpaired) electrons. The van der Waals surface area contributed by atoms with Crippen LogP contribution in [0, 0.1) is 5.92 Å². The largest absolute Gasteiger partial charge is 0.452 e. The van der Waals surface area contributed by atoms with E-state index in [1.165, 1.54) is 12.2 Å². The molecule has 0 saturated heterocycles. The number of imide groups is 1. The molecule has 1 rings (SSSR count). The Balaban J connectivity index is 2.31. The lowest BCUT2D eigenvalue weighted by molar-refractivity contribution is -0.143. The number of hydrogen-bond acceptors (Lipinski definition) is 4. The van der Waals surface area contributed by atoms with Crippen molar-refractivity contribution in [3.8, 4) is 0 Å². The summed E-state index contributed by atoms with van der Waals surface area (Å²) >= 11 is 5.75. The lowest BCUT2D eigenvalue weighted by Gasteiger charge is -2.08. The zero-order valence-corrected chi connectivity index (χ0v) is 13.7. The molecule has 3 amide bonds. The Morgan fingerprint density at radius 2 is 1.87 bits per heavy atom. The molecule has 7 heteroatoms. The van der Waals surface area contributed by atoms with Gasteiger partial charge in [0, 0.05) is 17.6 Å². The van der Waals surface area contributed by atoms with Gasteiger partial charge in [-0.25, -0.2) is 9.59 Å². The van der Waals surface area contributed by atoms with Gasteiger partial charge >= 0.3 is 12.0 Å². The first-order chi connectivity index (χ1) is 10.9. The summed E-state index contributed by atoms with van der Waals surface area (Å²) < 4.78 is 4.73. The fraction of sp³-hybridized carbons (Fsp3) is 0.312. The van der Waals surface area contributed by atoms with Crippen LogP contribution in [0.2, 0.25) is 5.02 Å². The third kappa shape index (κ3) is 8.63. The zero-order chi connectivity index (χ0) is 17.2. The standard InChI is InChI=1S/C16H19ClN2O4/c1-11(2)9-18-16(22)19-14(20)10-23-15(21)8-5-12-3-6-13(17)7-4-12/h3-8,11H,9-10H2,1-2H3,(H2,18,19,20,22)/b8-5+. The summed E-state index contributed by atoms with van der Waals surface area (Å²) in [6.45, 7) is 3.77. The predicted octanol–water partition coefficient (Wildman–Crippen LogP) is 2.38. The maximum absolute atomic E-state index is 11.5. The molecule has 0 aliphatic rings. The SMILES string of the molecule is CC(C)CNC(=O)NC(=O)COC(=O)/C=C/c1ccc(Cl)cc1. The Bertz CT molecular complexity index is 582. The van der Waals surface area contributed by atoms with Crippen LogP contribution in [0.1, 0.15) is 19.4 Å². The van der Waals surface area contributed by atoms with Gasteiger partial charge in [0.25, 0.3) is 5.91 Å². The monoisotopic (exact) mass is 338 g/mol. The number of nitrogens with one attached hydrogen (secondary N) is 2. The predicted molar refractivity (Wildman–Crippen MR) is 87.8 cm³/mol. The van der Waals surface area contributed by atoms with Gasteiger partial charge in [0.2, 0.25) is 0 Å². The van der Waals surface area contributed by atoms with Crippen molar-refractivity contribution in [2.24, 2.45) is 5.92 Å². The third-order valence-electron chi connectivity index (χ3n) is 2.55. The average Bonchev–Trinajstić information content (AvgIpc) is 2.50. The molecule has 23 heavy (non-hydrogen) atoms. The number of carbonyl (C=O) groups excluding carboxylic acids is 3. The van der Waals surface area contributed by atoms with Crippen molar-refractivity contribution in [1.29, 1.82) is 0 Å². The Labute approximate surface area is 139 Å². The van der Waals surface area contributed by atoms with Crippen LogP contribution in [-0.4, -0.2) is 31.1 Å². The molecular formula is C16H19ClN2O4. The van der Waals surface area contributed by atoms with Crippen molar-refractivity contribution in [2.75, 3.05) is 13.2 Å². The normalized spacial score (nSPS) is 10.6. The number of benzene rings is 1. The summed E-state index contributed by atoms with van der Waals surface area (Å²) in [6, 6.07) is 6.23. The van der Waals surface area contributed by atoms with Gasteiger partial charge in [-0.05, 0) is 29.7 Å². The van der Waals surface area contributed by atoms with Crippen LogP contribution in [0.15, 0.2) is 30.3 Å². The lowest BCUT2D eigenvalue weighted by Crippen LogP contribution is -2.42. The second-order valence-electron chi connectivity index (χ2n) is 5.14. The number of ether oxygens (including phenoxy) is 1. The minimum Gasteiger partial charge on any atom is -0.452 e. The van der Waals surface area contributed by atoms with Gasteiger partial charge in [-0.1, -0.05) is 37.6 Å². The second kappa shape index (κ2) is 9.63. The van der Waals surface area contributed by atoms with Crippen LogP contribution < -0.4 is 10.6 Å². The van der Waals surface area contributed by atoms with Gasteiger partial charge in [0.1, 0.15) is 0 Å². The summed E-state index contributed by atoms with van der Waals surface area (Å²) in [5.74, 6) is -1.11. The molecule has 0 aliphatic carbocycles. The molecule has 0 heterocycles. The zero-order valence-electron chi connectivity index (χ0n) is 13.0. The van der Waals surface area contributed by atoms with Gasteiger partial charge in [-0.15, -0.1) is 0 Å². The molecule has 6 nitrogen and oxygen atoms in total. The van der Waals surface area contributed by atoms with E-state index in [2.05, 4.69) is 10.6 Å². The average molecular weight is 339 g/mol. The van der Waals surface area contributed by atoms with Crippen LogP contribution in [0.3, 0.4) is 0 Å². The smallest absolute Gasteiger partial charge is 0.331 e. The quantitative estimate of drug-likeness (QED) is 0.616. The maximum atomic E-state index is 11.5. The van der Waals surface area contributed by atoms with E-state index in [1.807, 2.05) is 13.8 Å². The van der Waals surface area contributed by atoms with E-state index < -0.39 is 24.5 Å². The topological polar surface area (TPSA) is 84.5 Å². The van der Waals surface area contributed by atoms with Gasteiger partial charge in [-0.3, -0.25) is 10.1 Å². The molecule has 0 unspecified atom stereocenters. The van der Waals surface area contributed by atoms with E-state index in [4.69, 9.17) is 16.3 Å². The number of hydrogen-bond donors (Lipinski definition) is 2. The molecule has 0 fully saturated rings. The molecule has 2 N–H and O–H groups in total. The molecule has 1 aromatic rings. The highest BCUT2D eigenvalue weighted by Crippen LogP contribution is 2.10. The molecule has 1 aromatic carbocycles. The fourth-order valence-electron chi connectivity index (χ4n) is 1.43. The van der Waals surface area contributed by atoms with Crippen molar-refractivity contribution >= 4 is 35.6 Å². The van der Waals surface area contributed by atoms with Gasteiger partial charge < -0.3 is 10.1 Å². The first-order valence-electron chi connectivity index (χ1n) is 7.05. The summed E-state index contributed by atoms with van der Waals surface area (Å²) in [5, 5.41) is 5.18. The number of rotatable bonds is 6. The number of esters is 1. The van der Waals surface area contributed by atoms with Crippen molar-refractivity contribution in [2.45, 2.75) is 13.8 Å². The van der Waals surface area contributed by atoms with Gasteiger partial charge in [-0.2, -0.15) is 0 Å². The van der Waals surface area contributed by atoms with E-state index in [9.17, 15) is 14.4 Å². The van der Waals surface area contributed by atoms with Crippen LogP contribution in [0.5, 0.6) is 0 Å². The van der Waals surface area contributed by atoms with Crippen molar-refractivity contribution in [3.05, 3.63) is 40.9 Å². The number of carbonyl (C=O) groups is 3. The highest BCUT2D eigenvalue weighted by atomic mass is 35.5. The Morgan fingerprint density at radius 3 is 2.48 bits per heavy atom. The minimum atomic E-state index is -0.695. The van der Waals surface area contributed by atoms with Gasteiger partial charge in [0.05, 0.1) is 0 Å². The molecular weight excluding hydrogens is 320 g/mol. The Hall–Kier alpha value is -2.34. The summed E-state index contributed by atoms with van der Waals surface area (Å²) in [5.41, 5.74) is 0.767. The van der Waals surface area contributed by atoms with E-state index >= 15 is 0 Å². The molecule has 0 saturated carbocycles. The van der Waals surface area contributed by atoms with Crippen molar-refractivity contribution in [3.63, 3.8) is 0 Å². The van der Waals surface area contributed by atoms with E-state index in [1.54, 1.807) is 24.3 Å². The summed E-state index contributed by atoms with van der Waals surface area (Å²) in [7, 11) is 0. The minimum absolute atomic E-state index is 0.270. The Morgan fingerprint density at radius 1 is 1.22 bits per heavy atom. The molecule has 0 aliphatic heterocycles. The van der Waals surface area contributed by atoms with E-state index in [-0.39, 0.29) is 5.92 Å². The van der Waals surface area contributed by atoms with Crippen LogP contribution in [0.4, 0.5) is 4.79 Å². The van der Waals surface area contributed by atoms with Crippen molar-refractivity contribution in [1.82, 2.24) is 10.6 Å². The van der Waals surface area contributed by atoms with Crippen molar-refractivity contribution < 1.29 is 19.1 Å². The molecule has 0 atom stereocenters. The molecule has 0 spiro atoms. The highest BCUT2D eigenvalue weighted by molar-refractivity contribution is 6.30. The third-order valence-corrected chi connectivity index (χ3v) is 2.80. The lowest BCUT2D eigenvalue weighted by atomic mass is 10.2.